The van der Waals surface area contributed by atoms with Gasteiger partial charge in [-0.3, -0.25) is 4.79 Å². The van der Waals surface area contributed by atoms with Crippen molar-refractivity contribution in [2.24, 2.45) is 0 Å². The van der Waals surface area contributed by atoms with Crippen LogP contribution in [0.3, 0.4) is 0 Å². The molecule has 0 atom stereocenters. The third-order valence-corrected chi connectivity index (χ3v) is 3.17. The summed E-state index contributed by atoms with van der Waals surface area (Å²) in [6, 6.07) is 0. The Bertz CT molecular complexity index is 616. The lowest BCUT2D eigenvalue weighted by Crippen LogP contribution is -2.16. The molecule has 0 saturated heterocycles. The van der Waals surface area contributed by atoms with Crippen molar-refractivity contribution in [3.8, 4) is 5.75 Å². The van der Waals surface area contributed by atoms with E-state index >= 15 is 0 Å². The van der Waals surface area contributed by atoms with Crippen molar-refractivity contribution in [1.29, 1.82) is 0 Å². The van der Waals surface area contributed by atoms with Gasteiger partial charge in [-0.2, -0.15) is 8.78 Å². The standard InChI is InChI=1S/C17H20F6O6/c18-2-4-26-6-8-28-10-9-27-7-5-25-3-1-11(24)29-17-15(22)13(20)12(19)14(21)16(17)23/h1-10H2. The SMILES string of the molecule is O=C(CCOCCOCCOCCOCCF)Oc1c(F)c(F)c(F)c(F)c1F. The van der Waals surface area contributed by atoms with Gasteiger partial charge in [0.1, 0.15) is 6.67 Å². The molecule has 0 aliphatic heterocycles. The van der Waals surface area contributed by atoms with Crippen molar-refractivity contribution in [3.05, 3.63) is 29.1 Å². The first-order chi connectivity index (χ1) is 13.9. The molecular weight excluding hydrogens is 414 g/mol. The number of hydrogen-bond donors (Lipinski definition) is 0. The maximum Gasteiger partial charge on any atom is 0.313 e. The maximum atomic E-state index is 13.4. The lowest BCUT2D eigenvalue weighted by Gasteiger charge is -2.09. The highest BCUT2D eigenvalue weighted by Crippen LogP contribution is 2.29. The number of ether oxygens (including phenoxy) is 5. The summed E-state index contributed by atoms with van der Waals surface area (Å²) in [5, 5.41) is 0. The van der Waals surface area contributed by atoms with E-state index in [-0.39, 0.29) is 46.2 Å². The third kappa shape index (κ3) is 8.98. The second-order valence-electron chi connectivity index (χ2n) is 5.26. The summed E-state index contributed by atoms with van der Waals surface area (Å²) in [5.74, 6) is -14.1. The van der Waals surface area contributed by atoms with Crippen molar-refractivity contribution in [3.63, 3.8) is 0 Å². The van der Waals surface area contributed by atoms with Crippen LogP contribution in [0.15, 0.2) is 0 Å². The molecule has 0 heterocycles. The van der Waals surface area contributed by atoms with Gasteiger partial charge in [0.25, 0.3) is 0 Å². The van der Waals surface area contributed by atoms with Gasteiger partial charge in [-0.05, 0) is 0 Å². The number of halogens is 6. The predicted molar refractivity (Wildman–Crippen MR) is 85.7 cm³/mol. The summed E-state index contributed by atoms with van der Waals surface area (Å²) in [7, 11) is 0. The largest absolute Gasteiger partial charge is 0.420 e. The molecule has 0 aliphatic carbocycles. The Morgan fingerprint density at radius 2 is 0.966 bits per heavy atom. The van der Waals surface area contributed by atoms with Gasteiger partial charge in [0.2, 0.25) is 34.8 Å². The van der Waals surface area contributed by atoms with E-state index in [9.17, 15) is 31.1 Å². The first kappa shape index (κ1) is 25.1. The fraction of sp³-hybridized carbons (Fsp3) is 0.588. The van der Waals surface area contributed by atoms with E-state index in [4.69, 9.17) is 18.9 Å². The number of benzene rings is 1. The van der Waals surface area contributed by atoms with Crippen molar-refractivity contribution in [2.75, 3.05) is 59.5 Å². The van der Waals surface area contributed by atoms with Crippen LogP contribution >= 0.6 is 0 Å². The molecule has 1 rings (SSSR count). The Balaban J connectivity index is 2.13. The highest BCUT2D eigenvalue weighted by Gasteiger charge is 2.28. The lowest BCUT2D eigenvalue weighted by atomic mass is 10.2. The molecule has 0 bridgehead atoms. The number of alkyl halides is 1. The van der Waals surface area contributed by atoms with Crippen LogP contribution in [0, 0.1) is 29.1 Å². The van der Waals surface area contributed by atoms with Gasteiger partial charge in [0, 0.05) is 0 Å². The average Bonchev–Trinajstić information content (AvgIpc) is 2.71. The number of carbonyl (C=O) groups is 1. The zero-order chi connectivity index (χ0) is 21.6. The van der Waals surface area contributed by atoms with E-state index in [1.165, 1.54) is 0 Å². The third-order valence-electron chi connectivity index (χ3n) is 3.17. The Morgan fingerprint density at radius 1 is 0.586 bits per heavy atom. The van der Waals surface area contributed by atoms with Gasteiger partial charge in [0.15, 0.2) is 0 Å². The van der Waals surface area contributed by atoms with Gasteiger partial charge in [-0.1, -0.05) is 0 Å². The molecule has 0 aromatic heterocycles. The summed E-state index contributed by atoms with van der Waals surface area (Å²) in [4.78, 5) is 11.5. The fourth-order valence-corrected chi connectivity index (χ4v) is 1.81. The molecule has 6 nitrogen and oxygen atoms in total. The van der Waals surface area contributed by atoms with E-state index in [2.05, 4.69) is 4.74 Å². The zero-order valence-electron chi connectivity index (χ0n) is 15.3. The van der Waals surface area contributed by atoms with Crippen molar-refractivity contribution in [1.82, 2.24) is 0 Å². The molecule has 0 spiro atoms. The molecule has 166 valence electrons. The van der Waals surface area contributed by atoms with Gasteiger partial charge in [-0.15, -0.1) is 0 Å². The van der Waals surface area contributed by atoms with E-state index in [0.29, 0.717) is 6.61 Å². The molecule has 1 aromatic rings. The summed E-state index contributed by atoms with van der Waals surface area (Å²) >= 11 is 0. The monoisotopic (exact) mass is 434 g/mol. The van der Waals surface area contributed by atoms with Gasteiger partial charge >= 0.3 is 5.97 Å². The smallest absolute Gasteiger partial charge is 0.313 e. The minimum Gasteiger partial charge on any atom is -0.420 e. The molecule has 29 heavy (non-hydrogen) atoms. The summed E-state index contributed by atoms with van der Waals surface area (Å²) in [5.41, 5.74) is 0. The fourth-order valence-electron chi connectivity index (χ4n) is 1.81. The van der Waals surface area contributed by atoms with Crippen LogP contribution in [0.5, 0.6) is 5.75 Å². The van der Waals surface area contributed by atoms with Crippen molar-refractivity contribution >= 4 is 5.97 Å². The Labute approximate surface area is 162 Å². The quantitative estimate of drug-likeness (QED) is 0.106. The molecule has 0 aliphatic rings. The molecule has 0 unspecified atom stereocenters. The molecule has 12 heteroatoms. The van der Waals surface area contributed by atoms with Gasteiger partial charge < -0.3 is 23.7 Å². The second-order valence-corrected chi connectivity index (χ2v) is 5.26. The molecule has 0 radical (unpaired) electrons. The molecule has 0 amide bonds. The lowest BCUT2D eigenvalue weighted by molar-refractivity contribution is -0.136. The number of esters is 1. The first-order valence-corrected chi connectivity index (χ1v) is 8.49. The average molecular weight is 434 g/mol. The molecule has 0 saturated carbocycles. The van der Waals surface area contributed by atoms with Crippen LogP contribution in [0.4, 0.5) is 26.3 Å². The van der Waals surface area contributed by atoms with Crippen LogP contribution in [0.1, 0.15) is 6.42 Å². The van der Waals surface area contributed by atoms with Gasteiger partial charge in [-0.25, -0.2) is 17.6 Å². The molecular formula is C17H20F6O6. The minimum atomic E-state index is -2.35. The number of rotatable bonds is 15. The van der Waals surface area contributed by atoms with Crippen LogP contribution in [0.2, 0.25) is 0 Å². The van der Waals surface area contributed by atoms with E-state index in [1.54, 1.807) is 0 Å². The second kappa shape index (κ2) is 14.1. The molecule has 1 aromatic carbocycles. The van der Waals surface area contributed by atoms with E-state index in [0.717, 1.165) is 0 Å². The Morgan fingerprint density at radius 3 is 1.41 bits per heavy atom. The van der Waals surface area contributed by atoms with Crippen molar-refractivity contribution in [2.45, 2.75) is 6.42 Å². The zero-order valence-corrected chi connectivity index (χ0v) is 15.3. The normalized spacial score (nSPS) is 11.1. The Hall–Kier alpha value is -1.89. The van der Waals surface area contributed by atoms with E-state index in [1.807, 2.05) is 0 Å². The summed E-state index contributed by atoms with van der Waals surface area (Å²) in [6.07, 6.45) is -0.485. The van der Waals surface area contributed by atoms with Crippen LogP contribution in [-0.4, -0.2) is 65.5 Å². The minimum absolute atomic E-state index is 0.0201. The van der Waals surface area contributed by atoms with Gasteiger partial charge in [0.05, 0.1) is 59.3 Å². The number of carbonyl (C=O) groups excluding carboxylic acids is 1. The van der Waals surface area contributed by atoms with Crippen LogP contribution in [-0.2, 0) is 23.7 Å². The maximum absolute atomic E-state index is 13.4. The predicted octanol–water partition coefficient (Wildman–Crippen LogP) is 2.71. The van der Waals surface area contributed by atoms with Crippen molar-refractivity contribution < 1.29 is 54.8 Å². The van der Waals surface area contributed by atoms with Crippen LogP contribution in [0.25, 0.3) is 0 Å². The summed E-state index contributed by atoms with van der Waals surface area (Å²) in [6.45, 7) is 0.592. The first-order valence-electron chi connectivity index (χ1n) is 8.49. The highest BCUT2D eigenvalue weighted by molar-refractivity contribution is 5.72. The summed E-state index contributed by atoms with van der Waals surface area (Å²) < 4.78 is 102. The Kier molecular flexibility index (Phi) is 12.3. The highest BCUT2D eigenvalue weighted by atomic mass is 19.2. The van der Waals surface area contributed by atoms with Crippen LogP contribution < -0.4 is 4.74 Å². The molecule has 0 fully saturated rings. The van der Waals surface area contributed by atoms with E-state index < -0.39 is 53.9 Å². The topological polar surface area (TPSA) is 63.2 Å². The molecule has 0 N–H and O–H groups in total. The number of hydrogen-bond acceptors (Lipinski definition) is 6.